The second-order valence-corrected chi connectivity index (χ2v) is 7.12. The summed E-state index contributed by atoms with van der Waals surface area (Å²) in [6.07, 6.45) is 4.69. The third-order valence-corrected chi connectivity index (χ3v) is 4.32. The first kappa shape index (κ1) is 19.2. The average Bonchev–Trinajstić information content (AvgIpc) is 2.96. The van der Waals surface area contributed by atoms with E-state index in [0.29, 0.717) is 17.9 Å². The molecule has 1 atom stereocenters. The smallest absolute Gasteiger partial charge is 0.264 e. The fourth-order valence-electron chi connectivity index (χ4n) is 2.90. The molecule has 8 nitrogen and oxygen atoms in total. The van der Waals surface area contributed by atoms with Gasteiger partial charge in [0.1, 0.15) is 11.7 Å². The minimum Gasteiger partial charge on any atom is -0.349 e. The Morgan fingerprint density at radius 2 is 2.11 bits per heavy atom. The van der Waals surface area contributed by atoms with E-state index in [0.717, 1.165) is 5.69 Å². The summed E-state index contributed by atoms with van der Waals surface area (Å²) < 4.78 is 12.6. The maximum absolute atomic E-state index is 12.8. The highest BCUT2D eigenvalue weighted by Gasteiger charge is 2.32. The zero-order valence-corrected chi connectivity index (χ0v) is 16.0. The van der Waals surface area contributed by atoms with Crippen LogP contribution in [0.15, 0.2) is 29.5 Å². The molecule has 3 rings (SSSR count). The topological polar surface area (TPSA) is 95.3 Å². The van der Waals surface area contributed by atoms with Crippen molar-refractivity contribution >= 4 is 5.91 Å². The van der Waals surface area contributed by atoms with Crippen LogP contribution in [0, 0.1) is 13.8 Å². The van der Waals surface area contributed by atoms with E-state index in [4.69, 9.17) is 9.47 Å². The standard InChI is InChI=1S/C19H24N4O4/c1-12-5-6-23(10-14-8-20-13(2)7-21-14)18(25)16(12)17(24)22-9-15-11-26-19(3,4)27-15/h5-8,15H,9-11H2,1-4H3,(H,22,24). The van der Waals surface area contributed by atoms with Crippen molar-refractivity contribution in [1.29, 1.82) is 0 Å². The summed E-state index contributed by atoms with van der Waals surface area (Å²) in [6.45, 7) is 8.16. The highest BCUT2D eigenvalue weighted by atomic mass is 16.7. The van der Waals surface area contributed by atoms with Gasteiger partial charge in [-0.15, -0.1) is 0 Å². The highest BCUT2D eigenvalue weighted by Crippen LogP contribution is 2.21. The Morgan fingerprint density at radius 1 is 1.33 bits per heavy atom. The molecule has 0 spiro atoms. The van der Waals surface area contributed by atoms with Gasteiger partial charge in [0.15, 0.2) is 5.79 Å². The van der Waals surface area contributed by atoms with Gasteiger partial charge in [-0.25, -0.2) is 0 Å². The maximum atomic E-state index is 12.8. The second kappa shape index (κ2) is 7.58. The van der Waals surface area contributed by atoms with Gasteiger partial charge in [0.25, 0.3) is 11.5 Å². The van der Waals surface area contributed by atoms with Crippen LogP contribution in [0.3, 0.4) is 0 Å². The van der Waals surface area contributed by atoms with E-state index in [1.165, 1.54) is 4.57 Å². The quantitative estimate of drug-likeness (QED) is 0.847. The van der Waals surface area contributed by atoms with Crippen LogP contribution >= 0.6 is 0 Å². The van der Waals surface area contributed by atoms with Crippen LogP contribution < -0.4 is 10.9 Å². The average molecular weight is 372 g/mol. The Balaban J connectivity index is 1.73. The van der Waals surface area contributed by atoms with Gasteiger partial charge in [0.05, 0.1) is 30.7 Å². The number of aromatic nitrogens is 3. The van der Waals surface area contributed by atoms with E-state index in [9.17, 15) is 9.59 Å². The summed E-state index contributed by atoms with van der Waals surface area (Å²) in [4.78, 5) is 33.8. The molecule has 0 saturated carbocycles. The molecule has 1 unspecified atom stereocenters. The van der Waals surface area contributed by atoms with Crippen LogP contribution in [0.1, 0.15) is 41.2 Å². The number of hydrogen-bond donors (Lipinski definition) is 1. The van der Waals surface area contributed by atoms with Gasteiger partial charge in [0, 0.05) is 18.9 Å². The number of ether oxygens (including phenoxy) is 2. The maximum Gasteiger partial charge on any atom is 0.264 e. The van der Waals surface area contributed by atoms with Gasteiger partial charge in [-0.2, -0.15) is 0 Å². The van der Waals surface area contributed by atoms with Gasteiger partial charge in [0.2, 0.25) is 0 Å². The molecule has 2 aromatic rings. The van der Waals surface area contributed by atoms with Crippen molar-refractivity contribution in [3.8, 4) is 0 Å². The first-order valence-corrected chi connectivity index (χ1v) is 8.83. The van der Waals surface area contributed by atoms with Gasteiger partial charge < -0.3 is 19.4 Å². The summed E-state index contributed by atoms with van der Waals surface area (Å²) in [7, 11) is 0. The van der Waals surface area contributed by atoms with Crippen molar-refractivity contribution in [3.63, 3.8) is 0 Å². The van der Waals surface area contributed by atoms with Crippen molar-refractivity contribution in [2.45, 2.75) is 46.1 Å². The second-order valence-electron chi connectivity index (χ2n) is 7.12. The number of amides is 1. The number of nitrogens with zero attached hydrogens (tertiary/aromatic N) is 3. The van der Waals surface area contributed by atoms with Gasteiger partial charge in [-0.3, -0.25) is 19.6 Å². The van der Waals surface area contributed by atoms with Crippen molar-refractivity contribution in [2.24, 2.45) is 0 Å². The molecule has 0 aromatic carbocycles. The molecule has 1 aliphatic heterocycles. The molecule has 1 amide bonds. The van der Waals surface area contributed by atoms with Crippen LogP contribution in [0.5, 0.6) is 0 Å². The largest absolute Gasteiger partial charge is 0.349 e. The molecule has 27 heavy (non-hydrogen) atoms. The molecular weight excluding hydrogens is 348 g/mol. The molecule has 2 aromatic heterocycles. The molecule has 1 saturated heterocycles. The first-order chi connectivity index (χ1) is 12.7. The molecule has 3 heterocycles. The van der Waals surface area contributed by atoms with Crippen molar-refractivity contribution < 1.29 is 14.3 Å². The number of pyridine rings is 1. The van der Waals surface area contributed by atoms with E-state index in [-0.39, 0.29) is 30.3 Å². The van der Waals surface area contributed by atoms with Gasteiger partial charge in [-0.05, 0) is 39.3 Å². The minimum absolute atomic E-state index is 0.121. The number of carbonyl (C=O) groups excluding carboxylic acids is 1. The van der Waals surface area contributed by atoms with Crippen LogP contribution in [0.2, 0.25) is 0 Å². The van der Waals surface area contributed by atoms with Crippen LogP contribution in [-0.2, 0) is 16.0 Å². The summed E-state index contributed by atoms with van der Waals surface area (Å²) >= 11 is 0. The lowest BCUT2D eigenvalue weighted by atomic mass is 10.1. The Bertz CT molecular complexity index is 890. The van der Waals surface area contributed by atoms with E-state index < -0.39 is 11.7 Å². The highest BCUT2D eigenvalue weighted by molar-refractivity contribution is 5.95. The normalized spacial score (nSPS) is 18.4. The molecule has 144 valence electrons. The predicted molar refractivity (Wildman–Crippen MR) is 98.5 cm³/mol. The zero-order chi connectivity index (χ0) is 19.6. The van der Waals surface area contributed by atoms with Crippen LogP contribution in [0.25, 0.3) is 0 Å². The lowest BCUT2D eigenvalue weighted by Gasteiger charge is -2.17. The fraction of sp³-hybridized carbons (Fsp3) is 0.474. The van der Waals surface area contributed by atoms with Crippen molar-refractivity contribution in [3.05, 3.63) is 57.5 Å². The molecule has 8 heteroatoms. The van der Waals surface area contributed by atoms with Crippen molar-refractivity contribution in [1.82, 2.24) is 19.9 Å². The Labute approximate surface area is 157 Å². The minimum atomic E-state index is -0.653. The number of nitrogens with one attached hydrogen (secondary N) is 1. The molecule has 0 bridgehead atoms. The fourth-order valence-corrected chi connectivity index (χ4v) is 2.90. The summed E-state index contributed by atoms with van der Waals surface area (Å²) in [5, 5.41) is 2.77. The molecular formula is C19H24N4O4. The molecule has 0 aliphatic carbocycles. The Kier molecular flexibility index (Phi) is 5.38. The van der Waals surface area contributed by atoms with Crippen molar-refractivity contribution in [2.75, 3.05) is 13.2 Å². The van der Waals surface area contributed by atoms with E-state index in [2.05, 4.69) is 15.3 Å². The monoisotopic (exact) mass is 372 g/mol. The molecule has 1 fully saturated rings. The summed E-state index contributed by atoms with van der Waals surface area (Å²) in [5.74, 6) is -1.07. The van der Waals surface area contributed by atoms with Gasteiger partial charge >= 0.3 is 0 Å². The predicted octanol–water partition coefficient (Wildman–Crippen LogP) is 1.18. The SMILES string of the molecule is Cc1cnc(Cn2ccc(C)c(C(=O)NCC3COC(C)(C)O3)c2=O)cn1. The number of aryl methyl sites for hydroxylation is 2. The third kappa shape index (κ3) is 4.58. The number of hydrogen-bond acceptors (Lipinski definition) is 6. The number of rotatable bonds is 5. The summed E-state index contributed by atoms with van der Waals surface area (Å²) in [6, 6.07) is 1.75. The Morgan fingerprint density at radius 3 is 2.74 bits per heavy atom. The van der Waals surface area contributed by atoms with E-state index in [1.807, 2.05) is 20.8 Å². The number of carbonyl (C=O) groups is 1. The van der Waals surface area contributed by atoms with E-state index >= 15 is 0 Å². The van der Waals surface area contributed by atoms with Crippen LogP contribution in [-0.4, -0.2) is 45.5 Å². The zero-order valence-electron chi connectivity index (χ0n) is 16.0. The molecule has 0 radical (unpaired) electrons. The lowest BCUT2D eigenvalue weighted by Crippen LogP contribution is -2.38. The third-order valence-electron chi connectivity index (χ3n) is 4.32. The first-order valence-electron chi connectivity index (χ1n) is 8.83. The van der Waals surface area contributed by atoms with Crippen LogP contribution in [0.4, 0.5) is 0 Å². The molecule has 1 aliphatic rings. The van der Waals surface area contributed by atoms with Gasteiger partial charge in [-0.1, -0.05) is 0 Å². The Hall–Kier alpha value is -2.58. The lowest BCUT2D eigenvalue weighted by molar-refractivity contribution is -0.137. The summed E-state index contributed by atoms with van der Waals surface area (Å²) in [5.41, 5.74) is 1.83. The van der Waals surface area contributed by atoms with E-state index in [1.54, 1.807) is 31.6 Å². The molecule has 1 N–H and O–H groups in total.